The number of aliphatic hydroxyl groups is 1. The van der Waals surface area contributed by atoms with E-state index in [1.165, 1.54) is 5.56 Å². The van der Waals surface area contributed by atoms with E-state index in [1.54, 1.807) is 0 Å². The van der Waals surface area contributed by atoms with Gasteiger partial charge in [-0.2, -0.15) is 0 Å². The van der Waals surface area contributed by atoms with Crippen LogP contribution in [0.2, 0.25) is 0 Å². The lowest BCUT2D eigenvalue weighted by atomic mass is 10.00. The third kappa shape index (κ3) is 5.33. The summed E-state index contributed by atoms with van der Waals surface area (Å²) in [5.74, 6) is 0.671. The minimum Gasteiger partial charge on any atom is -0.393 e. The highest BCUT2D eigenvalue weighted by atomic mass is 79.9. The number of benzene rings is 1. The summed E-state index contributed by atoms with van der Waals surface area (Å²) in [6.45, 7) is 4.37. The summed E-state index contributed by atoms with van der Waals surface area (Å²) in [5, 5.41) is 9.81. The summed E-state index contributed by atoms with van der Waals surface area (Å²) in [6, 6.07) is 8.15. The van der Waals surface area contributed by atoms with Crippen LogP contribution in [0.1, 0.15) is 32.3 Å². The summed E-state index contributed by atoms with van der Waals surface area (Å²) in [5.41, 5.74) is 1.20. The molecule has 1 atom stereocenters. The number of rotatable bonds is 5. The Bertz CT molecular complexity index is 279. The maximum Gasteiger partial charge on any atom is 0.0580 e. The Kier molecular flexibility index (Phi) is 5.34. The number of hydrogen-bond acceptors (Lipinski definition) is 1. The van der Waals surface area contributed by atoms with Crippen LogP contribution in [0.4, 0.5) is 0 Å². The first-order valence-corrected chi connectivity index (χ1v) is 6.29. The molecule has 0 aliphatic carbocycles. The lowest BCUT2D eigenvalue weighted by Crippen LogP contribution is -2.11. The van der Waals surface area contributed by atoms with Gasteiger partial charge in [-0.3, -0.25) is 0 Å². The van der Waals surface area contributed by atoms with Crippen molar-refractivity contribution in [2.45, 2.75) is 39.2 Å². The summed E-state index contributed by atoms with van der Waals surface area (Å²) in [4.78, 5) is 0. The molecule has 0 amide bonds. The molecule has 0 heterocycles. The second-order valence-corrected chi connectivity index (χ2v) is 5.37. The van der Waals surface area contributed by atoms with Gasteiger partial charge in [-0.25, -0.2) is 0 Å². The van der Waals surface area contributed by atoms with E-state index in [4.69, 9.17) is 0 Å². The molecule has 1 aromatic rings. The standard InChI is InChI=1S/C13H19BrO/c1-10(2)3-8-13(15)9-11-4-6-12(14)7-5-11/h4-7,10,13,15H,3,8-9H2,1-2H3. The van der Waals surface area contributed by atoms with Crippen LogP contribution < -0.4 is 0 Å². The van der Waals surface area contributed by atoms with E-state index in [0.29, 0.717) is 5.92 Å². The zero-order chi connectivity index (χ0) is 11.3. The monoisotopic (exact) mass is 270 g/mol. The molecule has 2 heteroatoms. The van der Waals surface area contributed by atoms with Crippen LogP contribution in [-0.2, 0) is 6.42 Å². The number of aliphatic hydroxyl groups excluding tert-OH is 1. The molecule has 84 valence electrons. The van der Waals surface area contributed by atoms with Crippen molar-refractivity contribution >= 4 is 15.9 Å². The van der Waals surface area contributed by atoms with E-state index in [2.05, 4.69) is 41.9 Å². The summed E-state index contributed by atoms with van der Waals surface area (Å²) >= 11 is 3.40. The van der Waals surface area contributed by atoms with E-state index in [9.17, 15) is 5.11 Å². The largest absolute Gasteiger partial charge is 0.393 e. The molecule has 1 N–H and O–H groups in total. The summed E-state index contributed by atoms with van der Waals surface area (Å²) in [7, 11) is 0. The Hall–Kier alpha value is -0.340. The highest BCUT2D eigenvalue weighted by Gasteiger charge is 2.06. The van der Waals surface area contributed by atoms with Crippen LogP contribution >= 0.6 is 15.9 Å². The molecular formula is C13H19BrO. The normalized spacial score (nSPS) is 13.1. The van der Waals surface area contributed by atoms with Crippen molar-refractivity contribution in [2.75, 3.05) is 0 Å². The first kappa shape index (κ1) is 12.7. The average Bonchev–Trinajstić information content (AvgIpc) is 2.19. The van der Waals surface area contributed by atoms with Gasteiger partial charge in [0.05, 0.1) is 6.10 Å². The number of hydrogen-bond donors (Lipinski definition) is 1. The Morgan fingerprint density at radius 3 is 2.27 bits per heavy atom. The lowest BCUT2D eigenvalue weighted by Gasteiger charge is -2.12. The fourth-order valence-corrected chi connectivity index (χ4v) is 1.78. The second kappa shape index (κ2) is 6.29. The van der Waals surface area contributed by atoms with E-state index in [0.717, 1.165) is 23.7 Å². The van der Waals surface area contributed by atoms with Gasteiger partial charge < -0.3 is 5.11 Å². The average molecular weight is 271 g/mol. The Balaban J connectivity index is 2.37. The van der Waals surface area contributed by atoms with Gasteiger partial charge in [-0.05, 0) is 42.9 Å². The van der Waals surface area contributed by atoms with Gasteiger partial charge in [-0.1, -0.05) is 41.9 Å². The zero-order valence-electron chi connectivity index (χ0n) is 9.41. The molecule has 0 aromatic heterocycles. The molecule has 1 unspecified atom stereocenters. The molecule has 0 bridgehead atoms. The van der Waals surface area contributed by atoms with Crippen molar-refractivity contribution in [3.8, 4) is 0 Å². The van der Waals surface area contributed by atoms with E-state index in [1.807, 2.05) is 12.1 Å². The maximum atomic E-state index is 9.81. The quantitative estimate of drug-likeness (QED) is 0.863. The molecular weight excluding hydrogens is 252 g/mol. The third-order valence-corrected chi connectivity index (χ3v) is 2.99. The molecule has 0 saturated heterocycles. The third-order valence-electron chi connectivity index (χ3n) is 2.46. The van der Waals surface area contributed by atoms with Gasteiger partial charge in [0.25, 0.3) is 0 Å². The molecule has 0 radical (unpaired) electrons. The molecule has 1 nitrogen and oxygen atoms in total. The Morgan fingerprint density at radius 1 is 1.13 bits per heavy atom. The van der Waals surface area contributed by atoms with Crippen LogP contribution in [0.5, 0.6) is 0 Å². The predicted octanol–water partition coefficient (Wildman–Crippen LogP) is 3.79. The SMILES string of the molecule is CC(C)CCC(O)Cc1ccc(Br)cc1. The van der Waals surface area contributed by atoms with Crippen LogP contribution in [0.25, 0.3) is 0 Å². The first-order chi connectivity index (χ1) is 7.08. The lowest BCUT2D eigenvalue weighted by molar-refractivity contribution is 0.157. The molecule has 0 aliphatic heterocycles. The zero-order valence-corrected chi connectivity index (χ0v) is 11.0. The molecule has 0 saturated carbocycles. The molecule has 0 aliphatic rings. The molecule has 0 spiro atoms. The van der Waals surface area contributed by atoms with Crippen LogP contribution in [0.15, 0.2) is 28.7 Å². The van der Waals surface area contributed by atoms with Crippen LogP contribution in [-0.4, -0.2) is 11.2 Å². The van der Waals surface area contributed by atoms with Gasteiger partial charge in [0, 0.05) is 4.47 Å². The fourth-order valence-electron chi connectivity index (χ4n) is 1.52. The Labute approximate surface area is 101 Å². The first-order valence-electron chi connectivity index (χ1n) is 5.50. The van der Waals surface area contributed by atoms with Crippen LogP contribution in [0, 0.1) is 5.92 Å². The predicted molar refractivity (Wildman–Crippen MR) is 67.9 cm³/mol. The van der Waals surface area contributed by atoms with E-state index < -0.39 is 0 Å². The fraction of sp³-hybridized carbons (Fsp3) is 0.538. The van der Waals surface area contributed by atoms with Gasteiger partial charge in [0.1, 0.15) is 0 Å². The minimum atomic E-state index is -0.200. The van der Waals surface area contributed by atoms with Gasteiger partial charge >= 0.3 is 0 Å². The topological polar surface area (TPSA) is 20.2 Å². The summed E-state index contributed by atoms with van der Waals surface area (Å²) < 4.78 is 1.09. The van der Waals surface area contributed by atoms with Crippen LogP contribution in [0.3, 0.4) is 0 Å². The smallest absolute Gasteiger partial charge is 0.0580 e. The van der Waals surface area contributed by atoms with Crippen molar-refractivity contribution in [2.24, 2.45) is 5.92 Å². The van der Waals surface area contributed by atoms with E-state index in [-0.39, 0.29) is 6.10 Å². The van der Waals surface area contributed by atoms with Gasteiger partial charge in [0.2, 0.25) is 0 Å². The molecule has 0 fully saturated rings. The van der Waals surface area contributed by atoms with Gasteiger partial charge in [0.15, 0.2) is 0 Å². The molecule has 1 aromatic carbocycles. The minimum absolute atomic E-state index is 0.200. The second-order valence-electron chi connectivity index (χ2n) is 4.46. The van der Waals surface area contributed by atoms with E-state index >= 15 is 0 Å². The van der Waals surface area contributed by atoms with Crippen molar-refractivity contribution < 1.29 is 5.11 Å². The van der Waals surface area contributed by atoms with Crippen molar-refractivity contribution in [3.63, 3.8) is 0 Å². The molecule has 15 heavy (non-hydrogen) atoms. The van der Waals surface area contributed by atoms with Crippen molar-refractivity contribution in [1.29, 1.82) is 0 Å². The van der Waals surface area contributed by atoms with Crippen molar-refractivity contribution in [3.05, 3.63) is 34.3 Å². The highest BCUT2D eigenvalue weighted by Crippen LogP contribution is 2.14. The molecule has 1 rings (SSSR count). The summed E-state index contributed by atoms with van der Waals surface area (Å²) in [6.07, 6.45) is 2.55. The van der Waals surface area contributed by atoms with Crippen molar-refractivity contribution in [1.82, 2.24) is 0 Å². The maximum absolute atomic E-state index is 9.81. The number of halogens is 1. The highest BCUT2D eigenvalue weighted by molar-refractivity contribution is 9.10. The van der Waals surface area contributed by atoms with Gasteiger partial charge in [-0.15, -0.1) is 0 Å². The Morgan fingerprint density at radius 2 is 1.73 bits per heavy atom.